The molecule has 5 nitrogen and oxygen atoms in total. The molecule has 2 fully saturated rings. The van der Waals surface area contributed by atoms with E-state index in [-0.39, 0.29) is 17.2 Å². The molecule has 2 aliphatic rings. The van der Waals surface area contributed by atoms with Crippen LogP contribution in [0.25, 0.3) is 10.8 Å². The minimum Gasteiger partial charge on any atom is -0.377 e. The number of likely N-dealkylation sites (tertiary alicyclic amines) is 1. The van der Waals surface area contributed by atoms with E-state index in [2.05, 4.69) is 16.3 Å². The van der Waals surface area contributed by atoms with E-state index in [9.17, 15) is 9.59 Å². The van der Waals surface area contributed by atoms with Crippen LogP contribution in [-0.2, 0) is 4.79 Å². The Hall–Kier alpha value is -2.56. The van der Waals surface area contributed by atoms with Crippen molar-refractivity contribution in [3.63, 3.8) is 0 Å². The van der Waals surface area contributed by atoms with Crippen LogP contribution in [0.2, 0.25) is 0 Å². The number of carbonyl (C=O) groups excluding carboxylic acids is 2. The van der Waals surface area contributed by atoms with Crippen molar-refractivity contribution in [3.05, 3.63) is 42.0 Å². The van der Waals surface area contributed by atoms with Crippen LogP contribution in [0.1, 0.15) is 42.5 Å². The second-order valence-electron chi connectivity index (χ2n) is 8.46. The summed E-state index contributed by atoms with van der Waals surface area (Å²) in [5.41, 5.74) is 2.13. The van der Waals surface area contributed by atoms with Crippen molar-refractivity contribution in [2.75, 3.05) is 38.6 Å². The highest BCUT2D eigenvalue weighted by molar-refractivity contribution is 6.10. The molecule has 2 saturated heterocycles. The third-order valence-corrected chi connectivity index (χ3v) is 6.58. The second-order valence-corrected chi connectivity index (χ2v) is 8.46. The lowest BCUT2D eigenvalue weighted by molar-refractivity contribution is -0.121. The van der Waals surface area contributed by atoms with Gasteiger partial charge >= 0.3 is 0 Å². The number of nitrogens with zero attached hydrogens (tertiary/aromatic N) is 2. The van der Waals surface area contributed by atoms with Gasteiger partial charge in [-0.2, -0.15) is 0 Å². The van der Waals surface area contributed by atoms with Gasteiger partial charge in [0.2, 0.25) is 5.91 Å². The van der Waals surface area contributed by atoms with Crippen molar-refractivity contribution < 1.29 is 9.59 Å². The Labute approximate surface area is 166 Å². The Morgan fingerprint density at radius 2 is 1.71 bits per heavy atom. The number of fused-ring (bicyclic) bond motifs is 1. The fourth-order valence-electron chi connectivity index (χ4n) is 4.77. The predicted octanol–water partition coefficient (Wildman–Crippen LogP) is 3.43. The van der Waals surface area contributed by atoms with Crippen molar-refractivity contribution in [3.8, 4) is 0 Å². The maximum atomic E-state index is 13.3. The summed E-state index contributed by atoms with van der Waals surface area (Å²) in [6, 6.07) is 12.2. The molecule has 1 spiro atoms. The molecular formula is C23H29N3O2. The first-order valence-electron chi connectivity index (χ1n) is 10.2. The number of benzene rings is 2. The molecule has 2 aliphatic heterocycles. The van der Waals surface area contributed by atoms with Gasteiger partial charge < -0.3 is 15.1 Å². The molecule has 28 heavy (non-hydrogen) atoms. The van der Waals surface area contributed by atoms with Gasteiger partial charge in [-0.1, -0.05) is 24.3 Å². The van der Waals surface area contributed by atoms with Crippen LogP contribution >= 0.6 is 0 Å². The molecule has 0 bridgehead atoms. The zero-order valence-corrected chi connectivity index (χ0v) is 16.8. The zero-order valence-electron chi connectivity index (χ0n) is 16.8. The smallest absolute Gasteiger partial charge is 0.254 e. The molecular weight excluding hydrogens is 350 g/mol. The maximum absolute atomic E-state index is 13.3. The molecule has 2 aromatic rings. The largest absolute Gasteiger partial charge is 0.377 e. The maximum Gasteiger partial charge on any atom is 0.254 e. The molecule has 148 valence electrons. The topological polar surface area (TPSA) is 52.7 Å². The SMILES string of the molecule is CN(C)c1ccc(C(=O)N2CCC3(CCNC(=O)CC3)CC2)c2ccccc12. The molecule has 4 rings (SSSR count). The van der Waals surface area contributed by atoms with E-state index in [1.165, 1.54) is 0 Å². The predicted molar refractivity (Wildman–Crippen MR) is 113 cm³/mol. The molecule has 0 aliphatic carbocycles. The monoisotopic (exact) mass is 379 g/mol. The number of hydrogen-bond donors (Lipinski definition) is 1. The lowest BCUT2D eigenvalue weighted by atomic mass is 9.73. The second kappa shape index (κ2) is 7.46. The van der Waals surface area contributed by atoms with E-state index in [4.69, 9.17) is 0 Å². The molecule has 0 atom stereocenters. The van der Waals surface area contributed by atoms with Gasteiger partial charge in [-0.25, -0.2) is 0 Å². The van der Waals surface area contributed by atoms with E-state index in [0.717, 1.165) is 67.3 Å². The van der Waals surface area contributed by atoms with Crippen LogP contribution in [0.4, 0.5) is 5.69 Å². The lowest BCUT2D eigenvalue weighted by Gasteiger charge is -2.41. The first kappa shape index (κ1) is 18.8. The number of amides is 2. The highest BCUT2D eigenvalue weighted by Crippen LogP contribution is 2.41. The molecule has 0 aromatic heterocycles. The van der Waals surface area contributed by atoms with E-state index in [1.54, 1.807) is 0 Å². The Morgan fingerprint density at radius 3 is 2.43 bits per heavy atom. The van der Waals surface area contributed by atoms with Gasteiger partial charge in [-0.05, 0) is 48.6 Å². The van der Waals surface area contributed by atoms with Crippen molar-refractivity contribution in [2.24, 2.45) is 5.41 Å². The highest BCUT2D eigenvalue weighted by Gasteiger charge is 2.37. The Balaban J connectivity index is 1.55. The summed E-state index contributed by atoms with van der Waals surface area (Å²) in [5.74, 6) is 0.294. The van der Waals surface area contributed by atoms with E-state index in [1.807, 2.05) is 49.3 Å². The van der Waals surface area contributed by atoms with Crippen LogP contribution in [0, 0.1) is 5.41 Å². The van der Waals surface area contributed by atoms with E-state index in [0.29, 0.717) is 6.42 Å². The third-order valence-electron chi connectivity index (χ3n) is 6.58. The van der Waals surface area contributed by atoms with Gasteiger partial charge in [-0.15, -0.1) is 0 Å². The Morgan fingerprint density at radius 1 is 1.00 bits per heavy atom. The molecule has 0 radical (unpaired) electrons. The first-order chi connectivity index (χ1) is 13.5. The average molecular weight is 380 g/mol. The van der Waals surface area contributed by atoms with Gasteiger partial charge in [0, 0.05) is 56.8 Å². The van der Waals surface area contributed by atoms with Crippen molar-refractivity contribution in [1.82, 2.24) is 10.2 Å². The Bertz CT molecular complexity index is 898. The summed E-state index contributed by atoms with van der Waals surface area (Å²) in [4.78, 5) is 29.1. The van der Waals surface area contributed by atoms with Crippen molar-refractivity contribution in [1.29, 1.82) is 0 Å². The van der Waals surface area contributed by atoms with Crippen LogP contribution in [0.3, 0.4) is 0 Å². The van der Waals surface area contributed by atoms with Crippen molar-refractivity contribution >= 4 is 28.3 Å². The molecule has 0 saturated carbocycles. The van der Waals surface area contributed by atoms with Gasteiger partial charge in [-0.3, -0.25) is 9.59 Å². The number of nitrogens with one attached hydrogen (secondary N) is 1. The van der Waals surface area contributed by atoms with Gasteiger partial charge in [0.05, 0.1) is 0 Å². The fourth-order valence-corrected chi connectivity index (χ4v) is 4.77. The molecule has 1 N–H and O–H groups in total. The third kappa shape index (κ3) is 3.46. The summed E-state index contributed by atoms with van der Waals surface area (Å²) >= 11 is 0. The average Bonchev–Trinajstić information content (AvgIpc) is 2.89. The van der Waals surface area contributed by atoms with Crippen LogP contribution in [0.5, 0.6) is 0 Å². The Kier molecular flexibility index (Phi) is 5.00. The summed E-state index contributed by atoms with van der Waals surface area (Å²) in [6.45, 7) is 2.32. The van der Waals surface area contributed by atoms with Crippen LogP contribution < -0.4 is 10.2 Å². The van der Waals surface area contributed by atoms with Gasteiger partial charge in [0.1, 0.15) is 0 Å². The van der Waals surface area contributed by atoms with E-state index >= 15 is 0 Å². The normalized spacial score (nSPS) is 19.4. The zero-order chi connectivity index (χ0) is 19.7. The summed E-state index contributed by atoms with van der Waals surface area (Å²) in [5, 5.41) is 5.12. The summed E-state index contributed by atoms with van der Waals surface area (Å²) in [7, 11) is 4.05. The fraction of sp³-hybridized carbons (Fsp3) is 0.478. The standard InChI is InChI=1S/C23H29N3O2/c1-25(2)20-8-7-19(17-5-3-4-6-18(17)20)22(28)26-15-12-23(13-16-26)10-9-21(27)24-14-11-23/h3-8H,9-16H2,1-2H3,(H,24,27). The van der Waals surface area contributed by atoms with Crippen LogP contribution in [0.15, 0.2) is 36.4 Å². The molecule has 2 aromatic carbocycles. The molecule has 2 amide bonds. The number of anilines is 1. The first-order valence-corrected chi connectivity index (χ1v) is 10.2. The number of rotatable bonds is 2. The van der Waals surface area contributed by atoms with E-state index < -0.39 is 0 Å². The summed E-state index contributed by atoms with van der Waals surface area (Å²) in [6.07, 6.45) is 4.57. The minimum absolute atomic E-state index is 0.124. The molecule has 0 unspecified atom stereocenters. The summed E-state index contributed by atoms with van der Waals surface area (Å²) < 4.78 is 0. The molecule has 2 heterocycles. The number of carbonyl (C=O) groups is 2. The number of piperidine rings is 1. The lowest BCUT2D eigenvalue weighted by Crippen LogP contribution is -2.43. The van der Waals surface area contributed by atoms with Crippen molar-refractivity contribution in [2.45, 2.75) is 32.1 Å². The van der Waals surface area contributed by atoms with Gasteiger partial charge in [0.25, 0.3) is 5.91 Å². The van der Waals surface area contributed by atoms with Gasteiger partial charge in [0.15, 0.2) is 0 Å². The quantitative estimate of drug-likeness (QED) is 0.870. The molecule has 5 heteroatoms. The minimum atomic E-state index is 0.124. The van der Waals surface area contributed by atoms with Crippen LogP contribution in [-0.4, -0.2) is 50.4 Å². The number of hydrogen-bond acceptors (Lipinski definition) is 3. The highest BCUT2D eigenvalue weighted by atomic mass is 16.2.